The Kier molecular flexibility index (Phi) is 4.20. The summed E-state index contributed by atoms with van der Waals surface area (Å²) in [4.78, 5) is 17.1. The smallest absolute Gasteiger partial charge is 0.257 e. The molecule has 3 aromatic rings. The number of aromatic nitrogens is 3. The zero-order valence-electron chi connectivity index (χ0n) is 14.2. The highest BCUT2D eigenvalue weighted by atomic mass is 16.5. The lowest BCUT2D eigenvalue weighted by Gasteiger charge is -2.16. The second kappa shape index (κ2) is 6.31. The van der Waals surface area contributed by atoms with Crippen LogP contribution in [0.4, 0.5) is 0 Å². The minimum atomic E-state index is -0.207. The monoisotopic (exact) mass is 324 g/mol. The summed E-state index contributed by atoms with van der Waals surface area (Å²) in [6, 6.07) is 9.36. The largest absolute Gasteiger partial charge is 0.496 e. The Hall–Kier alpha value is -2.89. The Balaban J connectivity index is 1.90. The summed E-state index contributed by atoms with van der Waals surface area (Å²) < 4.78 is 7.04. The molecular formula is C18H20N4O2. The number of amides is 1. The van der Waals surface area contributed by atoms with E-state index in [4.69, 9.17) is 4.74 Å². The van der Waals surface area contributed by atoms with Crippen LogP contribution < -0.4 is 10.1 Å². The molecule has 1 aromatic carbocycles. The summed E-state index contributed by atoms with van der Waals surface area (Å²) in [6.07, 6.45) is 1.55. The molecule has 0 spiro atoms. The molecule has 0 radical (unpaired) electrons. The van der Waals surface area contributed by atoms with Crippen molar-refractivity contribution in [1.82, 2.24) is 19.9 Å². The van der Waals surface area contributed by atoms with Gasteiger partial charge < -0.3 is 10.1 Å². The Morgan fingerprint density at radius 3 is 2.79 bits per heavy atom. The van der Waals surface area contributed by atoms with Crippen molar-refractivity contribution in [2.75, 3.05) is 7.11 Å². The first kappa shape index (κ1) is 16.0. The first-order valence-electron chi connectivity index (χ1n) is 7.77. The van der Waals surface area contributed by atoms with Gasteiger partial charge in [0.1, 0.15) is 11.3 Å². The minimum absolute atomic E-state index is 0.200. The van der Waals surface area contributed by atoms with E-state index in [1.165, 1.54) is 0 Å². The number of ether oxygens (including phenoxy) is 1. The van der Waals surface area contributed by atoms with Crippen LogP contribution in [-0.4, -0.2) is 27.6 Å². The van der Waals surface area contributed by atoms with Crippen molar-refractivity contribution >= 4 is 11.6 Å². The molecule has 0 aliphatic carbocycles. The minimum Gasteiger partial charge on any atom is -0.496 e. The van der Waals surface area contributed by atoms with Crippen LogP contribution in [0.1, 0.15) is 40.3 Å². The second-order valence-corrected chi connectivity index (χ2v) is 5.77. The molecule has 2 aromatic heterocycles. The van der Waals surface area contributed by atoms with Gasteiger partial charge in [0.25, 0.3) is 5.91 Å². The van der Waals surface area contributed by atoms with Crippen molar-refractivity contribution in [3.05, 3.63) is 59.0 Å². The number of benzene rings is 1. The van der Waals surface area contributed by atoms with Gasteiger partial charge in [-0.2, -0.15) is 5.10 Å². The van der Waals surface area contributed by atoms with E-state index < -0.39 is 0 Å². The molecule has 0 bridgehead atoms. The van der Waals surface area contributed by atoms with E-state index in [0.29, 0.717) is 11.2 Å². The van der Waals surface area contributed by atoms with Gasteiger partial charge in [-0.05, 0) is 32.9 Å². The fourth-order valence-corrected chi connectivity index (χ4v) is 2.81. The van der Waals surface area contributed by atoms with Crippen LogP contribution in [0.3, 0.4) is 0 Å². The molecule has 1 atom stereocenters. The third kappa shape index (κ3) is 2.82. The van der Waals surface area contributed by atoms with Crippen LogP contribution in [0.15, 0.2) is 36.5 Å². The molecule has 0 aliphatic rings. The van der Waals surface area contributed by atoms with Crippen LogP contribution in [0.25, 0.3) is 5.65 Å². The van der Waals surface area contributed by atoms with Gasteiger partial charge in [-0.1, -0.05) is 18.2 Å². The number of nitrogens with zero attached hydrogens (tertiary/aromatic N) is 3. The summed E-state index contributed by atoms with van der Waals surface area (Å²) in [5.41, 5.74) is 3.74. The number of carbonyl (C=O) groups excluding carboxylic acids is 1. The molecule has 0 saturated heterocycles. The number of methoxy groups -OCH3 is 1. The molecule has 3 rings (SSSR count). The molecule has 6 nitrogen and oxygen atoms in total. The summed E-state index contributed by atoms with van der Waals surface area (Å²) in [5.74, 6) is 0.538. The number of rotatable bonds is 4. The van der Waals surface area contributed by atoms with Crippen molar-refractivity contribution < 1.29 is 9.53 Å². The fourth-order valence-electron chi connectivity index (χ4n) is 2.81. The molecule has 2 heterocycles. The van der Waals surface area contributed by atoms with E-state index in [2.05, 4.69) is 15.4 Å². The molecule has 1 N–H and O–H groups in total. The number of para-hydroxylation sites is 1. The molecule has 0 unspecified atom stereocenters. The Morgan fingerprint density at radius 2 is 2.04 bits per heavy atom. The molecule has 0 aliphatic heterocycles. The Morgan fingerprint density at radius 1 is 1.29 bits per heavy atom. The molecule has 1 amide bonds. The molecule has 24 heavy (non-hydrogen) atoms. The quantitative estimate of drug-likeness (QED) is 0.801. The standard InChI is InChI=1S/C18H20N4O2/c1-11-9-12(2)22-17(20-11)15(10-19-22)18(23)21-13(3)14-7-5-6-8-16(14)24-4/h5-10,13H,1-4H3,(H,21,23)/t13-/m0/s1. The highest BCUT2D eigenvalue weighted by Gasteiger charge is 2.19. The number of hydrogen-bond acceptors (Lipinski definition) is 4. The Bertz CT molecular complexity index is 901. The fraction of sp³-hybridized carbons (Fsp3) is 0.278. The van der Waals surface area contributed by atoms with Gasteiger partial charge in [0.15, 0.2) is 5.65 Å². The van der Waals surface area contributed by atoms with Gasteiger partial charge in [-0.3, -0.25) is 4.79 Å². The SMILES string of the molecule is COc1ccccc1[C@H](C)NC(=O)c1cnn2c(C)cc(C)nc12. The van der Waals surface area contributed by atoms with Gasteiger partial charge in [0.05, 0.1) is 19.3 Å². The predicted molar refractivity (Wildman–Crippen MR) is 91.3 cm³/mol. The average Bonchev–Trinajstić information content (AvgIpc) is 2.98. The lowest BCUT2D eigenvalue weighted by molar-refractivity contribution is 0.0941. The number of aryl methyl sites for hydroxylation is 2. The molecule has 124 valence electrons. The lowest BCUT2D eigenvalue weighted by Crippen LogP contribution is -2.27. The van der Waals surface area contributed by atoms with Crippen molar-refractivity contribution in [1.29, 1.82) is 0 Å². The van der Waals surface area contributed by atoms with E-state index >= 15 is 0 Å². The Labute approximate surface area is 140 Å². The van der Waals surface area contributed by atoms with Gasteiger partial charge in [0, 0.05) is 17.0 Å². The highest BCUT2D eigenvalue weighted by Crippen LogP contribution is 2.24. The molecule has 0 fully saturated rings. The highest BCUT2D eigenvalue weighted by molar-refractivity contribution is 5.99. The number of nitrogens with one attached hydrogen (secondary N) is 1. The third-order valence-electron chi connectivity index (χ3n) is 3.98. The first-order valence-corrected chi connectivity index (χ1v) is 7.77. The third-order valence-corrected chi connectivity index (χ3v) is 3.98. The van der Waals surface area contributed by atoms with Gasteiger partial charge in [-0.15, -0.1) is 0 Å². The van der Waals surface area contributed by atoms with E-state index in [1.807, 2.05) is 51.1 Å². The first-order chi connectivity index (χ1) is 11.5. The summed E-state index contributed by atoms with van der Waals surface area (Å²) in [7, 11) is 1.62. The molecule has 0 saturated carbocycles. The van der Waals surface area contributed by atoms with E-state index in [0.717, 1.165) is 22.7 Å². The summed E-state index contributed by atoms with van der Waals surface area (Å²) in [6.45, 7) is 5.76. The molecular weight excluding hydrogens is 304 g/mol. The van der Waals surface area contributed by atoms with Gasteiger partial charge in [-0.25, -0.2) is 9.50 Å². The van der Waals surface area contributed by atoms with Gasteiger partial charge >= 0.3 is 0 Å². The van der Waals surface area contributed by atoms with E-state index in [9.17, 15) is 4.79 Å². The number of hydrogen-bond donors (Lipinski definition) is 1. The van der Waals surface area contributed by atoms with Crippen molar-refractivity contribution in [2.45, 2.75) is 26.8 Å². The zero-order valence-corrected chi connectivity index (χ0v) is 14.2. The normalized spacial score (nSPS) is 12.2. The van der Waals surface area contributed by atoms with Crippen LogP contribution >= 0.6 is 0 Å². The predicted octanol–water partition coefficient (Wildman–Crippen LogP) is 2.85. The summed E-state index contributed by atoms with van der Waals surface area (Å²) in [5, 5.41) is 7.25. The number of carbonyl (C=O) groups is 1. The number of fused-ring (bicyclic) bond motifs is 1. The molecule has 6 heteroatoms. The van der Waals surface area contributed by atoms with Crippen LogP contribution in [0.5, 0.6) is 5.75 Å². The van der Waals surface area contributed by atoms with E-state index in [1.54, 1.807) is 17.8 Å². The van der Waals surface area contributed by atoms with Crippen molar-refractivity contribution in [3.63, 3.8) is 0 Å². The zero-order chi connectivity index (χ0) is 17.3. The maximum Gasteiger partial charge on any atom is 0.257 e. The second-order valence-electron chi connectivity index (χ2n) is 5.77. The van der Waals surface area contributed by atoms with Crippen molar-refractivity contribution in [3.8, 4) is 5.75 Å². The van der Waals surface area contributed by atoms with E-state index in [-0.39, 0.29) is 11.9 Å². The average molecular weight is 324 g/mol. The summed E-state index contributed by atoms with van der Waals surface area (Å²) >= 11 is 0. The van der Waals surface area contributed by atoms with Gasteiger partial charge in [0.2, 0.25) is 0 Å². The maximum atomic E-state index is 12.7. The lowest BCUT2D eigenvalue weighted by atomic mass is 10.1. The maximum absolute atomic E-state index is 12.7. The van der Waals surface area contributed by atoms with Crippen molar-refractivity contribution in [2.24, 2.45) is 0 Å². The topological polar surface area (TPSA) is 68.5 Å². The van der Waals surface area contributed by atoms with Crippen LogP contribution in [0, 0.1) is 13.8 Å². The van der Waals surface area contributed by atoms with Crippen LogP contribution in [-0.2, 0) is 0 Å². The van der Waals surface area contributed by atoms with Crippen LogP contribution in [0.2, 0.25) is 0 Å².